The zero-order chi connectivity index (χ0) is 11.4. The predicted octanol–water partition coefficient (Wildman–Crippen LogP) is 4.46. The summed E-state index contributed by atoms with van der Waals surface area (Å²) >= 11 is 5.37. The fourth-order valence-corrected chi connectivity index (χ4v) is 3.95. The van der Waals surface area contributed by atoms with Crippen molar-refractivity contribution in [2.45, 2.75) is 0 Å². The largest absolute Gasteiger partial charge is 0.278 e. The molecule has 0 amide bonds. The molecule has 4 heteroatoms. The Hall–Kier alpha value is -1.39. The van der Waals surface area contributed by atoms with Crippen molar-refractivity contribution in [1.29, 1.82) is 0 Å². The number of halogens is 1. The van der Waals surface area contributed by atoms with Gasteiger partial charge in [-0.15, -0.1) is 11.3 Å². The van der Waals surface area contributed by atoms with Gasteiger partial charge in [-0.3, -0.25) is 4.40 Å². The number of hydrogen-bond acceptors (Lipinski definition) is 2. The van der Waals surface area contributed by atoms with Crippen LogP contribution >= 0.6 is 27.3 Å². The number of benzene rings is 1. The van der Waals surface area contributed by atoms with E-state index in [-0.39, 0.29) is 0 Å². The maximum Gasteiger partial charge on any atom is 0.139 e. The van der Waals surface area contributed by atoms with Gasteiger partial charge in [0.05, 0.1) is 4.60 Å². The second-order valence-corrected chi connectivity index (χ2v) is 5.75. The minimum absolute atomic E-state index is 0.992. The van der Waals surface area contributed by atoms with Gasteiger partial charge >= 0.3 is 0 Å². The van der Waals surface area contributed by atoms with Crippen LogP contribution in [0.4, 0.5) is 0 Å². The molecular formula is C13H7BrN2S. The Balaban J connectivity index is 2.35. The molecule has 2 nitrogen and oxygen atoms in total. The third-order valence-electron chi connectivity index (χ3n) is 2.90. The van der Waals surface area contributed by atoms with E-state index >= 15 is 0 Å². The molecule has 0 saturated carbocycles. The molecule has 0 aliphatic rings. The summed E-state index contributed by atoms with van der Waals surface area (Å²) in [6.45, 7) is 0. The van der Waals surface area contributed by atoms with Crippen molar-refractivity contribution in [2.75, 3.05) is 0 Å². The Kier molecular flexibility index (Phi) is 1.87. The highest BCUT2D eigenvalue weighted by Crippen LogP contribution is 2.35. The molecular weight excluding hydrogens is 296 g/mol. The SMILES string of the molecule is Brc1cccc2nc3c4ccccc4sc3n12. The van der Waals surface area contributed by atoms with E-state index < -0.39 is 0 Å². The first-order valence-corrected chi connectivity index (χ1v) is 6.90. The number of thiophene rings is 1. The van der Waals surface area contributed by atoms with E-state index in [1.807, 2.05) is 18.2 Å². The molecule has 0 fully saturated rings. The van der Waals surface area contributed by atoms with Crippen LogP contribution in [-0.4, -0.2) is 9.38 Å². The molecule has 0 spiro atoms. The average molecular weight is 303 g/mol. The summed E-state index contributed by atoms with van der Waals surface area (Å²) in [6, 6.07) is 14.5. The molecule has 4 aromatic rings. The summed E-state index contributed by atoms with van der Waals surface area (Å²) in [5.41, 5.74) is 2.09. The lowest BCUT2D eigenvalue weighted by molar-refractivity contribution is 1.19. The van der Waals surface area contributed by atoms with Crippen LogP contribution in [-0.2, 0) is 0 Å². The molecule has 82 valence electrons. The molecule has 0 saturated heterocycles. The van der Waals surface area contributed by atoms with Crippen molar-refractivity contribution < 1.29 is 0 Å². The van der Waals surface area contributed by atoms with Gasteiger partial charge in [-0.2, -0.15) is 0 Å². The lowest BCUT2D eigenvalue weighted by atomic mass is 10.2. The Morgan fingerprint density at radius 1 is 1.06 bits per heavy atom. The minimum Gasteiger partial charge on any atom is -0.278 e. The standard InChI is InChI=1S/C13H7BrN2S/c14-10-6-3-7-11-15-12-8-4-1-2-5-9(8)17-13(12)16(10)11/h1-7H. The maximum absolute atomic E-state index is 4.71. The Bertz CT molecular complexity index is 860. The quantitative estimate of drug-likeness (QED) is 0.438. The minimum atomic E-state index is 0.992. The smallest absolute Gasteiger partial charge is 0.139 e. The lowest BCUT2D eigenvalue weighted by Crippen LogP contribution is -1.83. The first kappa shape index (κ1) is 9.62. The van der Waals surface area contributed by atoms with Crippen LogP contribution < -0.4 is 0 Å². The normalized spacial score (nSPS) is 11.8. The van der Waals surface area contributed by atoms with Gasteiger partial charge in [-0.05, 0) is 34.1 Å². The molecule has 17 heavy (non-hydrogen) atoms. The molecule has 0 bridgehead atoms. The number of hydrogen-bond donors (Lipinski definition) is 0. The molecule has 0 atom stereocenters. The number of fused-ring (bicyclic) bond motifs is 5. The van der Waals surface area contributed by atoms with Crippen LogP contribution in [0.5, 0.6) is 0 Å². The molecule has 0 N–H and O–H groups in total. The Morgan fingerprint density at radius 2 is 1.94 bits per heavy atom. The molecule has 0 aliphatic carbocycles. The van der Waals surface area contributed by atoms with E-state index in [1.54, 1.807) is 11.3 Å². The number of imidazole rings is 1. The zero-order valence-corrected chi connectivity index (χ0v) is 11.1. The highest BCUT2D eigenvalue weighted by atomic mass is 79.9. The molecule has 3 heterocycles. The molecule has 4 rings (SSSR count). The van der Waals surface area contributed by atoms with Gasteiger partial charge in [0, 0.05) is 10.1 Å². The van der Waals surface area contributed by atoms with Crippen molar-refractivity contribution >= 4 is 53.3 Å². The van der Waals surface area contributed by atoms with Crippen LogP contribution in [0.2, 0.25) is 0 Å². The van der Waals surface area contributed by atoms with Gasteiger partial charge in [-0.1, -0.05) is 24.3 Å². The van der Waals surface area contributed by atoms with Crippen molar-refractivity contribution in [3.8, 4) is 0 Å². The third-order valence-corrected chi connectivity index (χ3v) is 4.67. The second kappa shape index (κ2) is 3.31. The van der Waals surface area contributed by atoms with Crippen LogP contribution in [0.1, 0.15) is 0 Å². The fraction of sp³-hybridized carbons (Fsp3) is 0. The Morgan fingerprint density at radius 3 is 2.88 bits per heavy atom. The van der Waals surface area contributed by atoms with Gasteiger partial charge < -0.3 is 0 Å². The fourth-order valence-electron chi connectivity index (χ4n) is 2.15. The summed E-state index contributed by atoms with van der Waals surface area (Å²) in [6.07, 6.45) is 0. The lowest BCUT2D eigenvalue weighted by Gasteiger charge is -1.96. The highest BCUT2D eigenvalue weighted by Gasteiger charge is 2.12. The first-order valence-electron chi connectivity index (χ1n) is 5.29. The Labute approximate surface area is 110 Å². The number of rotatable bonds is 0. The topological polar surface area (TPSA) is 17.3 Å². The van der Waals surface area contributed by atoms with Crippen molar-refractivity contribution in [2.24, 2.45) is 0 Å². The summed E-state index contributed by atoms with van der Waals surface area (Å²) < 4.78 is 4.49. The zero-order valence-electron chi connectivity index (χ0n) is 8.72. The predicted molar refractivity (Wildman–Crippen MR) is 75.8 cm³/mol. The monoisotopic (exact) mass is 302 g/mol. The van der Waals surface area contributed by atoms with E-state index in [0.717, 1.165) is 15.8 Å². The van der Waals surface area contributed by atoms with Gasteiger partial charge in [0.2, 0.25) is 0 Å². The highest BCUT2D eigenvalue weighted by molar-refractivity contribution is 9.10. The van der Waals surface area contributed by atoms with Gasteiger partial charge in [0.1, 0.15) is 16.0 Å². The summed E-state index contributed by atoms with van der Waals surface area (Å²) in [5, 5.41) is 1.24. The average Bonchev–Trinajstić information content (AvgIpc) is 2.85. The number of pyridine rings is 1. The van der Waals surface area contributed by atoms with E-state index in [1.165, 1.54) is 14.9 Å². The summed E-state index contributed by atoms with van der Waals surface area (Å²) in [5.74, 6) is 0. The maximum atomic E-state index is 4.71. The molecule has 3 aromatic heterocycles. The van der Waals surface area contributed by atoms with E-state index in [0.29, 0.717) is 0 Å². The summed E-state index contributed by atoms with van der Waals surface area (Å²) in [4.78, 5) is 5.91. The van der Waals surface area contributed by atoms with Gasteiger partial charge in [0.15, 0.2) is 0 Å². The third kappa shape index (κ3) is 1.22. The number of nitrogens with zero attached hydrogens (tertiary/aromatic N) is 2. The molecule has 0 aliphatic heterocycles. The van der Waals surface area contributed by atoms with Crippen LogP contribution in [0.15, 0.2) is 47.1 Å². The van der Waals surface area contributed by atoms with E-state index in [2.05, 4.69) is 44.6 Å². The molecule has 0 radical (unpaired) electrons. The van der Waals surface area contributed by atoms with Crippen LogP contribution in [0, 0.1) is 0 Å². The first-order chi connectivity index (χ1) is 8.34. The van der Waals surface area contributed by atoms with E-state index in [9.17, 15) is 0 Å². The number of aromatic nitrogens is 2. The van der Waals surface area contributed by atoms with Crippen LogP contribution in [0.3, 0.4) is 0 Å². The van der Waals surface area contributed by atoms with Crippen molar-refractivity contribution in [3.63, 3.8) is 0 Å². The van der Waals surface area contributed by atoms with Crippen molar-refractivity contribution in [1.82, 2.24) is 9.38 Å². The molecule has 1 aromatic carbocycles. The van der Waals surface area contributed by atoms with Crippen molar-refractivity contribution in [3.05, 3.63) is 47.1 Å². The van der Waals surface area contributed by atoms with Gasteiger partial charge in [-0.25, -0.2) is 4.98 Å². The van der Waals surface area contributed by atoms with Crippen LogP contribution in [0.25, 0.3) is 26.1 Å². The molecule has 0 unspecified atom stereocenters. The van der Waals surface area contributed by atoms with Gasteiger partial charge in [0.25, 0.3) is 0 Å². The summed E-state index contributed by atoms with van der Waals surface area (Å²) in [7, 11) is 0. The second-order valence-electron chi connectivity index (χ2n) is 3.91. The van der Waals surface area contributed by atoms with E-state index in [4.69, 9.17) is 4.98 Å².